The Labute approximate surface area is 131 Å². The van der Waals surface area contributed by atoms with Crippen LogP contribution < -0.4 is 4.74 Å². The van der Waals surface area contributed by atoms with E-state index in [1.54, 1.807) is 18.0 Å². The molecular weight excluding hydrogens is 306 g/mol. The van der Waals surface area contributed by atoms with Gasteiger partial charge in [0.2, 0.25) is 0 Å². The summed E-state index contributed by atoms with van der Waals surface area (Å²) >= 11 is 7.51. The number of halogens is 1. The van der Waals surface area contributed by atoms with Crippen molar-refractivity contribution >= 4 is 34.4 Å². The molecule has 0 radical (unpaired) electrons. The molecule has 0 saturated carbocycles. The highest BCUT2D eigenvalue weighted by Gasteiger charge is 2.05. The maximum atomic E-state index is 5.88. The van der Waals surface area contributed by atoms with Gasteiger partial charge in [0, 0.05) is 18.0 Å². The standard InChI is InChI=1S/C15H14ClN3OS/c1-2-20-11-3-4-12-13(8-11)19-15(18-12)21-9-10-5-6-17-14(16)7-10/h3-8H,2,9H2,1H3,(H,18,19). The maximum absolute atomic E-state index is 5.88. The maximum Gasteiger partial charge on any atom is 0.166 e. The summed E-state index contributed by atoms with van der Waals surface area (Å²) in [6.07, 6.45) is 1.71. The van der Waals surface area contributed by atoms with Gasteiger partial charge >= 0.3 is 0 Å². The Morgan fingerprint density at radius 1 is 1.29 bits per heavy atom. The van der Waals surface area contributed by atoms with E-state index in [2.05, 4.69) is 15.0 Å². The number of hydrogen-bond donors (Lipinski definition) is 1. The number of rotatable bonds is 5. The summed E-state index contributed by atoms with van der Waals surface area (Å²) in [5, 5.41) is 1.39. The summed E-state index contributed by atoms with van der Waals surface area (Å²) in [5.74, 6) is 1.64. The number of thioether (sulfide) groups is 1. The second kappa shape index (κ2) is 6.37. The van der Waals surface area contributed by atoms with Crippen LogP contribution in [0.1, 0.15) is 12.5 Å². The fourth-order valence-corrected chi connectivity index (χ4v) is 3.00. The zero-order valence-electron chi connectivity index (χ0n) is 11.5. The van der Waals surface area contributed by atoms with Crippen molar-refractivity contribution in [1.29, 1.82) is 0 Å². The van der Waals surface area contributed by atoms with Crippen LogP contribution in [-0.2, 0) is 5.75 Å². The van der Waals surface area contributed by atoms with Crippen LogP contribution in [0.3, 0.4) is 0 Å². The number of aromatic nitrogens is 3. The van der Waals surface area contributed by atoms with Crippen molar-refractivity contribution in [1.82, 2.24) is 15.0 Å². The first-order valence-corrected chi connectivity index (χ1v) is 7.97. The Kier molecular flexibility index (Phi) is 4.31. The SMILES string of the molecule is CCOc1ccc2nc(SCc3ccnc(Cl)c3)[nH]c2c1. The monoisotopic (exact) mass is 319 g/mol. The van der Waals surface area contributed by atoms with E-state index in [-0.39, 0.29) is 0 Å². The Hall–Kier alpha value is -1.72. The fraction of sp³-hybridized carbons (Fsp3) is 0.200. The first-order valence-electron chi connectivity index (χ1n) is 6.60. The van der Waals surface area contributed by atoms with Gasteiger partial charge in [-0.05, 0) is 36.8 Å². The average molecular weight is 320 g/mol. The van der Waals surface area contributed by atoms with E-state index in [0.717, 1.165) is 33.3 Å². The molecule has 0 amide bonds. The highest BCUT2D eigenvalue weighted by Crippen LogP contribution is 2.25. The number of imidazole rings is 1. The van der Waals surface area contributed by atoms with Crippen LogP contribution >= 0.6 is 23.4 Å². The molecule has 0 bridgehead atoms. The summed E-state index contributed by atoms with van der Waals surface area (Å²) in [6.45, 7) is 2.63. The van der Waals surface area contributed by atoms with Crippen molar-refractivity contribution in [2.75, 3.05) is 6.61 Å². The third-order valence-corrected chi connectivity index (χ3v) is 4.06. The van der Waals surface area contributed by atoms with Crippen LogP contribution in [0.4, 0.5) is 0 Å². The number of pyridine rings is 1. The zero-order valence-corrected chi connectivity index (χ0v) is 13.0. The topological polar surface area (TPSA) is 50.8 Å². The number of H-pyrrole nitrogens is 1. The molecule has 6 heteroatoms. The number of nitrogens with one attached hydrogen (secondary N) is 1. The van der Waals surface area contributed by atoms with E-state index in [1.807, 2.05) is 37.3 Å². The van der Waals surface area contributed by atoms with E-state index in [0.29, 0.717) is 11.8 Å². The molecule has 1 aromatic carbocycles. The summed E-state index contributed by atoms with van der Waals surface area (Å²) in [5.41, 5.74) is 3.04. The number of fused-ring (bicyclic) bond motifs is 1. The smallest absolute Gasteiger partial charge is 0.166 e. The van der Waals surface area contributed by atoms with Crippen LogP contribution in [0.25, 0.3) is 11.0 Å². The molecule has 0 saturated heterocycles. The molecule has 0 fully saturated rings. The third kappa shape index (κ3) is 3.49. The fourth-order valence-electron chi connectivity index (χ4n) is 1.97. The first-order chi connectivity index (χ1) is 10.2. The molecule has 3 rings (SSSR count). The van der Waals surface area contributed by atoms with Crippen molar-refractivity contribution < 1.29 is 4.74 Å². The molecule has 0 atom stereocenters. The van der Waals surface area contributed by atoms with E-state index >= 15 is 0 Å². The number of aromatic amines is 1. The van der Waals surface area contributed by atoms with Crippen molar-refractivity contribution in [3.8, 4) is 5.75 Å². The lowest BCUT2D eigenvalue weighted by molar-refractivity contribution is 0.340. The zero-order chi connectivity index (χ0) is 14.7. The second-order valence-electron chi connectivity index (χ2n) is 4.43. The van der Waals surface area contributed by atoms with Gasteiger partial charge in [-0.3, -0.25) is 0 Å². The summed E-state index contributed by atoms with van der Waals surface area (Å²) in [7, 11) is 0. The minimum Gasteiger partial charge on any atom is -0.494 e. The highest BCUT2D eigenvalue weighted by molar-refractivity contribution is 7.98. The molecule has 4 nitrogen and oxygen atoms in total. The van der Waals surface area contributed by atoms with E-state index in [4.69, 9.17) is 16.3 Å². The lowest BCUT2D eigenvalue weighted by Crippen LogP contribution is -1.90. The van der Waals surface area contributed by atoms with Gasteiger partial charge in [-0.2, -0.15) is 0 Å². The molecule has 0 spiro atoms. The summed E-state index contributed by atoms with van der Waals surface area (Å²) < 4.78 is 5.49. The van der Waals surface area contributed by atoms with Gasteiger partial charge in [0.25, 0.3) is 0 Å². The molecule has 21 heavy (non-hydrogen) atoms. The van der Waals surface area contributed by atoms with Crippen molar-refractivity contribution in [2.45, 2.75) is 17.8 Å². The summed E-state index contributed by atoms with van der Waals surface area (Å²) in [6, 6.07) is 9.69. The average Bonchev–Trinajstić information content (AvgIpc) is 2.88. The number of hydrogen-bond acceptors (Lipinski definition) is 4. The Morgan fingerprint density at radius 3 is 3.00 bits per heavy atom. The number of nitrogens with zero attached hydrogens (tertiary/aromatic N) is 2. The minimum atomic E-state index is 0.513. The molecule has 2 heterocycles. The van der Waals surface area contributed by atoms with Crippen LogP contribution in [0.5, 0.6) is 5.75 Å². The van der Waals surface area contributed by atoms with Gasteiger partial charge in [0.05, 0.1) is 17.6 Å². The van der Waals surface area contributed by atoms with Gasteiger partial charge in [-0.25, -0.2) is 9.97 Å². The molecule has 0 aliphatic carbocycles. The predicted octanol–water partition coefficient (Wildman–Crippen LogP) is 4.30. The van der Waals surface area contributed by atoms with Gasteiger partial charge in [-0.15, -0.1) is 0 Å². The Bertz CT molecular complexity index is 760. The largest absolute Gasteiger partial charge is 0.494 e. The Morgan fingerprint density at radius 2 is 2.19 bits per heavy atom. The third-order valence-electron chi connectivity index (χ3n) is 2.91. The van der Waals surface area contributed by atoms with Crippen LogP contribution in [0, 0.1) is 0 Å². The predicted molar refractivity (Wildman–Crippen MR) is 86.1 cm³/mol. The lowest BCUT2D eigenvalue weighted by Gasteiger charge is -2.00. The Balaban J connectivity index is 1.75. The number of ether oxygens (including phenoxy) is 1. The number of benzene rings is 1. The van der Waals surface area contributed by atoms with Gasteiger partial charge in [-0.1, -0.05) is 23.4 Å². The molecule has 0 aliphatic rings. The van der Waals surface area contributed by atoms with E-state index < -0.39 is 0 Å². The van der Waals surface area contributed by atoms with E-state index in [9.17, 15) is 0 Å². The van der Waals surface area contributed by atoms with Crippen molar-refractivity contribution in [2.24, 2.45) is 0 Å². The van der Waals surface area contributed by atoms with Crippen LogP contribution in [0.2, 0.25) is 5.15 Å². The van der Waals surface area contributed by atoms with Crippen LogP contribution in [-0.4, -0.2) is 21.6 Å². The summed E-state index contributed by atoms with van der Waals surface area (Å²) in [4.78, 5) is 11.8. The minimum absolute atomic E-state index is 0.513. The normalized spacial score (nSPS) is 11.0. The van der Waals surface area contributed by atoms with Gasteiger partial charge in [0.15, 0.2) is 5.16 Å². The molecule has 0 unspecified atom stereocenters. The van der Waals surface area contributed by atoms with Gasteiger partial charge in [0.1, 0.15) is 10.9 Å². The quantitative estimate of drug-likeness (QED) is 0.562. The molecule has 108 valence electrons. The molecule has 3 aromatic rings. The molecule has 0 aliphatic heterocycles. The first kappa shape index (κ1) is 14.2. The highest BCUT2D eigenvalue weighted by atomic mass is 35.5. The van der Waals surface area contributed by atoms with Crippen LogP contribution in [0.15, 0.2) is 41.7 Å². The molecule has 1 N–H and O–H groups in total. The van der Waals surface area contributed by atoms with Gasteiger partial charge < -0.3 is 9.72 Å². The lowest BCUT2D eigenvalue weighted by atomic mass is 10.3. The van der Waals surface area contributed by atoms with Crippen molar-refractivity contribution in [3.05, 3.63) is 47.2 Å². The van der Waals surface area contributed by atoms with Crippen molar-refractivity contribution in [3.63, 3.8) is 0 Å². The second-order valence-corrected chi connectivity index (χ2v) is 5.78. The molecule has 2 aromatic heterocycles. The molecular formula is C15H14ClN3OS. The van der Waals surface area contributed by atoms with E-state index in [1.165, 1.54) is 0 Å².